The van der Waals surface area contributed by atoms with Crippen LogP contribution in [0.25, 0.3) is 5.69 Å². The summed E-state index contributed by atoms with van der Waals surface area (Å²) in [5, 5.41) is 6.16. The molecule has 1 atom stereocenters. The first-order valence-corrected chi connectivity index (χ1v) is 6.81. The van der Waals surface area contributed by atoms with E-state index in [1.807, 2.05) is 48.9 Å². The van der Waals surface area contributed by atoms with Gasteiger partial charge in [0, 0.05) is 24.9 Å². The Labute approximate surface area is 119 Å². The van der Waals surface area contributed by atoms with Crippen molar-refractivity contribution in [2.45, 2.75) is 13.8 Å². The highest BCUT2D eigenvalue weighted by molar-refractivity contribution is 5.94. The third kappa shape index (κ3) is 3.45. The molecular weight excluding hydrogens is 252 g/mol. The molecule has 2 N–H and O–H groups in total. The van der Waals surface area contributed by atoms with E-state index in [2.05, 4.69) is 15.6 Å². The largest absolute Gasteiger partial charge is 0.324 e. The fourth-order valence-electron chi connectivity index (χ4n) is 1.92. The molecule has 0 fully saturated rings. The standard InChI is InChI=1S/C15H20N4O/c1-3-16-10-12(2)15(20)18-13-6-4-5-7-14(13)19-9-8-17-11-19/h4-9,11-12,16H,3,10H2,1-2H3,(H,18,20). The third-order valence-electron chi connectivity index (χ3n) is 3.09. The highest BCUT2D eigenvalue weighted by atomic mass is 16.1. The molecule has 0 spiro atoms. The Kier molecular flexibility index (Phi) is 4.90. The number of benzene rings is 1. The number of imidazole rings is 1. The zero-order valence-corrected chi connectivity index (χ0v) is 11.8. The number of nitrogens with one attached hydrogen (secondary N) is 2. The van der Waals surface area contributed by atoms with Crippen LogP contribution in [0.5, 0.6) is 0 Å². The average molecular weight is 272 g/mol. The Morgan fingerprint density at radius 1 is 1.40 bits per heavy atom. The van der Waals surface area contributed by atoms with Crippen LogP contribution in [0.4, 0.5) is 5.69 Å². The van der Waals surface area contributed by atoms with E-state index in [0.717, 1.165) is 17.9 Å². The monoisotopic (exact) mass is 272 g/mol. The maximum absolute atomic E-state index is 12.2. The van der Waals surface area contributed by atoms with E-state index in [1.54, 1.807) is 12.5 Å². The second-order valence-electron chi connectivity index (χ2n) is 4.69. The fraction of sp³-hybridized carbons (Fsp3) is 0.333. The van der Waals surface area contributed by atoms with Gasteiger partial charge >= 0.3 is 0 Å². The van der Waals surface area contributed by atoms with Gasteiger partial charge in [-0.05, 0) is 18.7 Å². The average Bonchev–Trinajstić information content (AvgIpc) is 2.99. The summed E-state index contributed by atoms with van der Waals surface area (Å²) in [4.78, 5) is 16.2. The zero-order valence-electron chi connectivity index (χ0n) is 11.8. The van der Waals surface area contributed by atoms with Crippen molar-refractivity contribution in [2.24, 2.45) is 5.92 Å². The van der Waals surface area contributed by atoms with Crippen LogP contribution in [0.1, 0.15) is 13.8 Å². The van der Waals surface area contributed by atoms with Gasteiger partial charge in [0.2, 0.25) is 5.91 Å². The Morgan fingerprint density at radius 2 is 2.20 bits per heavy atom. The number of carbonyl (C=O) groups is 1. The number of aromatic nitrogens is 2. The maximum Gasteiger partial charge on any atom is 0.228 e. The second-order valence-corrected chi connectivity index (χ2v) is 4.69. The molecule has 2 aromatic rings. The first-order chi connectivity index (χ1) is 9.72. The smallest absolute Gasteiger partial charge is 0.228 e. The Hall–Kier alpha value is -2.14. The van der Waals surface area contributed by atoms with Crippen LogP contribution >= 0.6 is 0 Å². The molecule has 5 heteroatoms. The minimum atomic E-state index is -0.0780. The van der Waals surface area contributed by atoms with Crippen molar-refractivity contribution in [3.63, 3.8) is 0 Å². The molecule has 1 aromatic carbocycles. The van der Waals surface area contributed by atoms with Crippen molar-refractivity contribution in [3.8, 4) is 5.69 Å². The van der Waals surface area contributed by atoms with Gasteiger partial charge in [0.1, 0.15) is 0 Å². The molecule has 0 saturated heterocycles. The lowest BCUT2D eigenvalue weighted by atomic mass is 10.1. The van der Waals surface area contributed by atoms with Gasteiger partial charge in [0.05, 0.1) is 17.7 Å². The summed E-state index contributed by atoms with van der Waals surface area (Å²) in [6.07, 6.45) is 5.28. The first kappa shape index (κ1) is 14.3. The predicted octanol–water partition coefficient (Wildman–Crippen LogP) is 2.06. The molecule has 2 rings (SSSR count). The van der Waals surface area contributed by atoms with Crippen molar-refractivity contribution in [1.82, 2.24) is 14.9 Å². The van der Waals surface area contributed by atoms with Crippen molar-refractivity contribution in [1.29, 1.82) is 0 Å². The third-order valence-corrected chi connectivity index (χ3v) is 3.09. The second kappa shape index (κ2) is 6.86. The summed E-state index contributed by atoms with van der Waals surface area (Å²) < 4.78 is 1.88. The van der Waals surface area contributed by atoms with E-state index in [1.165, 1.54) is 0 Å². The van der Waals surface area contributed by atoms with Crippen LogP contribution in [0.2, 0.25) is 0 Å². The van der Waals surface area contributed by atoms with E-state index in [9.17, 15) is 4.79 Å². The summed E-state index contributed by atoms with van der Waals surface area (Å²) in [6.45, 7) is 5.48. The lowest BCUT2D eigenvalue weighted by Crippen LogP contribution is -2.30. The number of carbonyl (C=O) groups excluding carboxylic acids is 1. The molecule has 0 bridgehead atoms. The van der Waals surface area contributed by atoms with Gasteiger partial charge in [0.15, 0.2) is 0 Å². The van der Waals surface area contributed by atoms with Crippen molar-refractivity contribution in [3.05, 3.63) is 43.0 Å². The van der Waals surface area contributed by atoms with Gasteiger partial charge in [-0.15, -0.1) is 0 Å². The minimum absolute atomic E-state index is 0.0125. The van der Waals surface area contributed by atoms with Crippen LogP contribution in [-0.2, 0) is 4.79 Å². The van der Waals surface area contributed by atoms with Crippen LogP contribution in [0, 0.1) is 5.92 Å². The molecule has 20 heavy (non-hydrogen) atoms. The number of hydrogen-bond donors (Lipinski definition) is 2. The van der Waals surface area contributed by atoms with Crippen molar-refractivity contribution in [2.75, 3.05) is 18.4 Å². The lowest BCUT2D eigenvalue weighted by Gasteiger charge is -2.15. The van der Waals surface area contributed by atoms with Gasteiger partial charge in [-0.2, -0.15) is 0 Å². The number of hydrogen-bond acceptors (Lipinski definition) is 3. The van der Waals surface area contributed by atoms with Gasteiger partial charge in [-0.3, -0.25) is 4.79 Å². The first-order valence-electron chi connectivity index (χ1n) is 6.81. The molecule has 1 heterocycles. The van der Waals surface area contributed by atoms with E-state index in [-0.39, 0.29) is 11.8 Å². The van der Waals surface area contributed by atoms with Gasteiger partial charge in [-0.1, -0.05) is 26.0 Å². The topological polar surface area (TPSA) is 59.0 Å². The summed E-state index contributed by atoms with van der Waals surface area (Å²) in [7, 11) is 0. The number of anilines is 1. The van der Waals surface area contributed by atoms with Gasteiger partial charge in [0.25, 0.3) is 0 Å². The molecule has 0 radical (unpaired) electrons. The molecule has 0 aliphatic rings. The van der Waals surface area contributed by atoms with E-state index >= 15 is 0 Å². The SMILES string of the molecule is CCNCC(C)C(=O)Nc1ccccc1-n1ccnc1. The van der Waals surface area contributed by atoms with Gasteiger partial charge < -0.3 is 15.2 Å². The van der Waals surface area contributed by atoms with E-state index in [0.29, 0.717) is 6.54 Å². The molecule has 5 nitrogen and oxygen atoms in total. The van der Waals surface area contributed by atoms with Crippen molar-refractivity contribution >= 4 is 11.6 Å². The maximum atomic E-state index is 12.2. The highest BCUT2D eigenvalue weighted by Crippen LogP contribution is 2.20. The quantitative estimate of drug-likeness (QED) is 0.846. The Bertz CT molecular complexity index is 551. The molecule has 0 aliphatic carbocycles. The van der Waals surface area contributed by atoms with Crippen LogP contribution in [-0.4, -0.2) is 28.5 Å². The number of para-hydroxylation sites is 2. The highest BCUT2D eigenvalue weighted by Gasteiger charge is 2.14. The lowest BCUT2D eigenvalue weighted by molar-refractivity contribution is -0.119. The van der Waals surface area contributed by atoms with Crippen LogP contribution in [0.3, 0.4) is 0 Å². The Balaban J connectivity index is 2.12. The summed E-state index contributed by atoms with van der Waals surface area (Å²) in [6, 6.07) is 7.69. The molecular formula is C15H20N4O. The molecule has 1 amide bonds. The number of amides is 1. The number of rotatable bonds is 6. The molecule has 0 aliphatic heterocycles. The normalized spacial score (nSPS) is 12.1. The molecule has 106 valence electrons. The summed E-state index contributed by atoms with van der Waals surface area (Å²) in [5.74, 6) is -0.0655. The zero-order chi connectivity index (χ0) is 14.4. The number of nitrogens with zero attached hydrogens (tertiary/aromatic N) is 2. The molecule has 1 unspecified atom stereocenters. The molecule has 1 aromatic heterocycles. The fourth-order valence-corrected chi connectivity index (χ4v) is 1.92. The van der Waals surface area contributed by atoms with Gasteiger partial charge in [-0.25, -0.2) is 4.98 Å². The van der Waals surface area contributed by atoms with Crippen LogP contribution in [0.15, 0.2) is 43.0 Å². The minimum Gasteiger partial charge on any atom is -0.324 e. The summed E-state index contributed by atoms with van der Waals surface area (Å²) >= 11 is 0. The molecule has 0 saturated carbocycles. The van der Waals surface area contributed by atoms with Crippen molar-refractivity contribution < 1.29 is 4.79 Å². The Morgan fingerprint density at radius 3 is 2.90 bits per heavy atom. The van der Waals surface area contributed by atoms with Crippen LogP contribution < -0.4 is 10.6 Å². The predicted molar refractivity (Wildman–Crippen MR) is 79.9 cm³/mol. The van der Waals surface area contributed by atoms with E-state index < -0.39 is 0 Å². The van der Waals surface area contributed by atoms with E-state index in [4.69, 9.17) is 0 Å². The summed E-state index contributed by atoms with van der Waals surface area (Å²) in [5.41, 5.74) is 1.70.